The molecule has 4 unspecified atom stereocenters. The van der Waals surface area contributed by atoms with Gasteiger partial charge in [-0.1, -0.05) is 0 Å². The Balaban J connectivity index is 0. The first-order valence-electron chi connectivity index (χ1n) is 10.0. The monoisotopic (exact) mass is 845 g/mol. The summed E-state index contributed by atoms with van der Waals surface area (Å²) < 4.78 is 385. The molecule has 4 N–H and O–H groups in total. The minimum Gasteiger partial charge on any atom is -0.544 e. The third kappa shape index (κ3) is 8.25. The van der Waals surface area contributed by atoms with Crippen molar-refractivity contribution in [1.82, 2.24) is 6.15 Å². The molecule has 0 aliphatic heterocycles. The quantitative estimate of drug-likeness (QED) is 0.191. The first-order chi connectivity index (χ1) is 21.0. The van der Waals surface area contributed by atoms with Crippen LogP contribution in [-0.2, 0) is 23.7 Å². The van der Waals surface area contributed by atoms with Crippen LogP contribution in [0.5, 0.6) is 0 Å². The fraction of sp³-hybridized carbons (Fsp3) is 0.933. The Kier molecular flexibility index (Phi) is 12.8. The molecule has 0 fully saturated rings. The molecule has 0 aliphatic carbocycles. The Bertz CT molecular complexity index is 1240. The number of halogens is 29. The molecule has 308 valence electrons. The number of rotatable bonds is 13. The van der Waals surface area contributed by atoms with Gasteiger partial charge >= 0.3 is 84.7 Å². The van der Waals surface area contributed by atoms with Crippen LogP contribution in [0, 0.1) is 0 Å². The van der Waals surface area contributed by atoms with Gasteiger partial charge in [-0.3, -0.25) is 18.9 Å². The number of carboxylic acid groups (broad SMARTS) is 1. The lowest BCUT2D eigenvalue weighted by atomic mass is 10.2. The van der Waals surface area contributed by atoms with Gasteiger partial charge in [0.05, 0.1) is 0 Å². The maximum absolute atomic E-state index is 14.3. The molecule has 51 heavy (non-hydrogen) atoms. The van der Waals surface area contributed by atoms with Crippen LogP contribution in [0.4, 0.5) is 127 Å². The average Bonchev–Trinajstić information content (AvgIpc) is 2.78. The van der Waals surface area contributed by atoms with Crippen LogP contribution in [0.2, 0.25) is 0 Å². The van der Waals surface area contributed by atoms with E-state index in [9.17, 15) is 137 Å². The van der Waals surface area contributed by atoms with E-state index in [1.807, 2.05) is 0 Å². The number of hydrogen-bond acceptors (Lipinski definition) is 6. The van der Waals surface area contributed by atoms with Gasteiger partial charge in [0.25, 0.3) is 0 Å². The second-order valence-electron chi connectivity index (χ2n) is 8.21. The van der Waals surface area contributed by atoms with Crippen LogP contribution in [-0.4, -0.2) is 90.6 Å². The van der Waals surface area contributed by atoms with Crippen molar-refractivity contribution in [3.63, 3.8) is 0 Å². The highest BCUT2D eigenvalue weighted by atomic mass is 19.4. The van der Waals surface area contributed by atoms with Crippen LogP contribution >= 0.6 is 0 Å². The van der Waals surface area contributed by atoms with Crippen LogP contribution in [0.25, 0.3) is 0 Å². The molecule has 0 rings (SSSR count). The van der Waals surface area contributed by atoms with Crippen LogP contribution in [0.1, 0.15) is 0 Å². The van der Waals surface area contributed by atoms with Gasteiger partial charge in [-0.15, -0.1) is 0 Å². The summed E-state index contributed by atoms with van der Waals surface area (Å²) in [6.07, 6.45) is -77.9. The number of ether oxygens (including phenoxy) is 4. The smallest absolute Gasteiger partial charge is 0.462 e. The number of carbonyl (C=O) groups is 1. The van der Waals surface area contributed by atoms with Crippen molar-refractivity contribution in [3.05, 3.63) is 0 Å². The number of alkyl halides is 29. The number of quaternary nitrogens is 1. The van der Waals surface area contributed by atoms with E-state index in [-0.39, 0.29) is 6.15 Å². The summed E-state index contributed by atoms with van der Waals surface area (Å²) in [6.45, 7) is 0. The lowest BCUT2D eigenvalue weighted by Gasteiger charge is -2.44. The van der Waals surface area contributed by atoms with Gasteiger partial charge in [0.15, 0.2) is 0 Å². The van der Waals surface area contributed by atoms with Crippen molar-refractivity contribution in [1.29, 1.82) is 0 Å². The summed E-state index contributed by atoms with van der Waals surface area (Å²) in [5.41, 5.74) is 0. The van der Waals surface area contributed by atoms with Crippen LogP contribution in [0.3, 0.4) is 0 Å². The zero-order chi connectivity index (χ0) is 41.4. The van der Waals surface area contributed by atoms with Crippen LogP contribution in [0.15, 0.2) is 0 Å². The van der Waals surface area contributed by atoms with Crippen molar-refractivity contribution in [2.24, 2.45) is 0 Å². The number of carbonyl (C=O) groups excluding carboxylic acids is 1. The molecule has 0 saturated heterocycles. The molecule has 0 bridgehead atoms. The molecule has 36 heteroatoms. The minimum absolute atomic E-state index is 0. The normalized spacial score (nSPS) is 20.0. The summed E-state index contributed by atoms with van der Waals surface area (Å²) in [5.74, 6) is -48.3. The van der Waals surface area contributed by atoms with E-state index in [0.29, 0.717) is 0 Å². The third-order valence-corrected chi connectivity index (χ3v) is 4.64. The first kappa shape index (κ1) is 50.3. The summed E-state index contributed by atoms with van der Waals surface area (Å²) in [4.78, 5) is 10.2. The van der Waals surface area contributed by atoms with Crippen molar-refractivity contribution in [3.8, 4) is 0 Å². The number of carboxylic acids is 1. The molecule has 0 aromatic carbocycles. The maximum Gasteiger partial charge on any atom is 0.462 e. The van der Waals surface area contributed by atoms with Gasteiger partial charge in [-0.25, -0.2) is 0 Å². The van der Waals surface area contributed by atoms with Gasteiger partial charge in [0, 0.05) is 0 Å². The molecule has 0 aromatic heterocycles. The van der Waals surface area contributed by atoms with Gasteiger partial charge in [0.2, 0.25) is 0 Å². The highest BCUT2D eigenvalue weighted by molar-refractivity contribution is 5.74. The molecule has 0 heterocycles. The Hall–Kier alpha value is -2.76. The van der Waals surface area contributed by atoms with E-state index in [0.717, 1.165) is 14.2 Å². The SMILES string of the molecule is O=C([O-])C(F)(OC(F)(F)C(F)(OC(F)(F)C(F)(OC(F)(F)C(F)(OC(F)(F)C(F)(F)C(F)(F)F)C(F)(F)F)C(F)(F)F)C(F)(F)F)C(F)(F)F.[NH4+]. The summed E-state index contributed by atoms with van der Waals surface area (Å²) >= 11 is 0. The summed E-state index contributed by atoms with van der Waals surface area (Å²) in [7, 11) is 0. The van der Waals surface area contributed by atoms with Gasteiger partial charge < -0.3 is 16.1 Å². The standard InChI is InChI=1S/C15HF29O6.H3N/c16-2(1(45)46,7(22,23)24)47-13(39,40)4(19,9(28,29)30)49-15(43,44)6(21,11(34,35)36)50-14(41,42)5(20,10(31,32)33)48-12(37,38)3(17,18)8(25,26)27;/h(H,45,46);1H3. The van der Waals surface area contributed by atoms with E-state index in [4.69, 9.17) is 0 Å². The molecule has 0 amide bonds. The lowest BCUT2D eigenvalue weighted by molar-refractivity contribution is -0.592. The van der Waals surface area contributed by atoms with E-state index >= 15 is 0 Å². The molecular weight excluding hydrogens is 841 g/mol. The van der Waals surface area contributed by atoms with E-state index < -0.39 is 90.6 Å². The molecule has 0 radical (unpaired) electrons. The topological polar surface area (TPSA) is 114 Å². The number of hydrogen-bond donors (Lipinski definition) is 1. The molecular formula is C15H4F29NO6. The maximum atomic E-state index is 14.3. The van der Waals surface area contributed by atoms with Crippen molar-refractivity contribution < 1.29 is 156 Å². The van der Waals surface area contributed by atoms with E-state index in [2.05, 4.69) is 0 Å². The molecule has 4 atom stereocenters. The van der Waals surface area contributed by atoms with E-state index in [1.54, 1.807) is 0 Å². The average molecular weight is 845 g/mol. The first-order valence-corrected chi connectivity index (χ1v) is 10.0. The zero-order valence-electron chi connectivity index (χ0n) is 21.9. The zero-order valence-corrected chi connectivity index (χ0v) is 21.9. The fourth-order valence-corrected chi connectivity index (χ4v) is 2.19. The summed E-state index contributed by atoms with van der Waals surface area (Å²) in [5, 5.41) is 10.2. The largest absolute Gasteiger partial charge is 0.544 e. The molecule has 0 aromatic rings. The molecule has 0 saturated carbocycles. The second kappa shape index (κ2) is 13.0. The van der Waals surface area contributed by atoms with Gasteiger partial charge in [-0.05, 0) is 0 Å². The Morgan fingerprint density at radius 1 is 0.333 bits per heavy atom. The molecule has 0 aliphatic rings. The van der Waals surface area contributed by atoms with Crippen molar-refractivity contribution in [2.45, 2.75) is 84.7 Å². The van der Waals surface area contributed by atoms with Crippen molar-refractivity contribution >= 4 is 5.97 Å². The molecule has 0 spiro atoms. The minimum atomic E-state index is -9.28. The van der Waals surface area contributed by atoms with Crippen LogP contribution < -0.4 is 11.3 Å². The highest BCUT2D eigenvalue weighted by Gasteiger charge is 2.90. The van der Waals surface area contributed by atoms with E-state index in [1.165, 1.54) is 4.74 Å². The summed E-state index contributed by atoms with van der Waals surface area (Å²) in [6, 6.07) is 0. The Morgan fingerprint density at radius 2 is 0.549 bits per heavy atom. The number of aliphatic carboxylic acids is 1. The lowest BCUT2D eigenvalue weighted by Crippen LogP contribution is -2.72. The Labute approximate surface area is 254 Å². The third-order valence-electron chi connectivity index (χ3n) is 4.64. The predicted molar refractivity (Wildman–Crippen MR) is 85.7 cm³/mol. The fourth-order valence-electron chi connectivity index (χ4n) is 2.19. The highest BCUT2D eigenvalue weighted by Crippen LogP contribution is 2.61. The molecule has 7 nitrogen and oxygen atoms in total. The van der Waals surface area contributed by atoms with Crippen molar-refractivity contribution in [2.75, 3.05) is 0 Å². The predicted octanol–water partition coefficient (Wildman–Crippen LogP) is 7.66. The van der Waals surface area contributed by atoms with Gasteiger partial charge in [0.1, 0.15) is 5.97 Å². The van der Waals surface area contributed by atoms with Gasteiger partial charge in [-0.2, -0.15) is 127 Å². The second-order valence-corrected chi connectivity index (χ2v) is 8.21. The Morgan fingerprint density at radius 3 is 0.725 bits per heavy atom.